The molecule has 2 nitrogen and oxygen atoms in total. The number of pyridine rings is 1. The number of hydrogen-bond acceptors (Lipinski definition) is 2. The molecule has 2 heteroatoms. The Morgan fingerprint density at radius 1 is 1.00 bits per heavy atom. The summed E-state index contributed by atoms with van der Waals surface area (Å²) in [4.78, 5) is 3.99. The third-order valence-corrected chi connectivity index (χ3v) is 2.60. The van der Waals surface area contributed by atoms with E-state index in [0.29, 0.717) is 6.61 Å². The van der Waals surface area contributed by atoms with Crippen LogP contribution in [-0.2, 0) is 6.42 Å². The summed E-state index contributed by atoms with van der Waals surface area (Å²) in [7, 11) is 0. The monoisotopic (exact) mass is 227 g/mol. The summed E-state index contributed by atoms with van der Waals surface area (Å²) in [6.07, 6.45) is 4.54. The molecule has 2 aromatic rings. The maximum Gasteiger partial charge on any atom is 0.119 e. The van der Waals surface area contributed by atoms with Crippen LogP contribution in [0.1, 0.15) is 16.7 Å². The molecule has 88 valence electrons. The van der Waals surface area contributed by atoms with Crippen molar-refractivity contribution >= 4 is 0 Å². The van der Waals surface area contributed by atoms with Crippen LogP contribution >= 0.6 is 0 Å². The smallest absolute Gasteiger partial charge is 0.119 e. The van der Waals surface area contributed by atoms with Gasteiger partial charge in [0.2, 0.25) is 0 Å². The zero-order chi connectivity index (χ0) is 12.1. The van der Waals surface area contributed by atoms with Gasteiger partial charge in [-0.15, -0.1) is 0 Å². The molecule has 0 atom stereocenters. The molecule has 0 fully saturated rings. The van der Waals surface area contributed by atoms with E-state index in [1.54, 1.807) is 0 Å². The average molecular weight is 227 g/mol. The predicted octanol–water partition coefficient (Wildman–Crippen LogP) is 3.32. The van der Waals surface area contributed by atoms with Crippen LogP contribution in [0.3, 0.4) is 0 Å². The summed E-state index contributed by atoms with van der Waals surface area (Å²) in [5.74, 6) is 0.955. The SMILES string of the molecule is Cc1cc(C)cc(OCCc2ccncc2)c1. The fourth-order valence-electron chi connectivity index (χ4n) is 1.85. The zero-order valence-corrected chi connectivity index (χ0v) is 10.3. The van der Waals surface area contributed by atoms with Crippen molar-refractivity contribution in [1.82, 2.24) is 4.98 Å². The number of ether oxygens (including phenoxy) is 1. The highest BCUT2D eigenvalue weighted by atomic mass is 16.5. The molecule has 0 saturated carbocycles. The van der Waals surface area contributed by atoms with Gasteiger partial charge in [0, 0.05) is 18.8 Å². The average Bonchev–Trinajstić information content (AvgIpc) is 2.29. The van der Waals surface area contributed by atoms with Gasteiger partial charge >= 0.3 is 0 Å². The summed E-state index contributed by atoms with van der Waals surface area (Å²) in [6.45, 7) is 4.87. The Morgan fingerprint density at radius 2 is 1.65 bits per heavy atom. The second-order valence-corrected chi connectivity index (χ2v) is 4.28. The highest BCUT2D eigenvalue weighted by Crippen LogP contribution is 2.16. The summed E-state index contributed by atoms with van der Waals surface area (Å²) in [5.41, 5.74) is 3.73. The first kappa shape index (κ1) is 11.6. The zero-order valence-electron chi connectivity index (χ0n) is 10.3. The van der Waals surface area contributed by atoms with E-state index in [0.717, 1.165) is 12.2 Å². The van der Waals surface area contributed by atoms with Gasteiger partial charge in [-0.1, -0.05) is 6.07 Å². The number of aryl methyl sites for hydroxylation is 2. The fourth-order valence-corrected chi connectivity index (χ4v) is 1.85. The first-order valence-corrected chi connectivity index (χ1v) is 5.84. The lowest BCUT2D eigenvalue weighted by atomic mass is 10.1. The molecule has 0 saturated heterocycles. The molecule has 1 aromatic heterocycles. The van der Waals surface area contributed by atoms with Crippen LogP contribution in [-0.4, -0.2) is 11.6 Å². The molecule has 0 amide bonds. The van der Waals surface area contributed by atoms with E-state index in [4.69, 9.17) is 4.74 Å². The summed E-state index contributed by atoms with van der Waals surface area (Å²) >= 11 is 0. The fraction of sp³-hybridized carbons (Fsp3) is 0.267. The summed E-state index contributed by atoms with van der Waals surface area (Å²) in [6, 6.07) is 10.3. The molecule has 2 rings (SSSR count). The molecule has 0 aliphatic carbocycles. The van der Waals surface area contributed by atoms with Crippen LogP contribution in [0.4, 0.5) is 0 Å². The van der Waals surface area contributed by atoms with E-state index in [9.17, 15) is 0 Å². The topological polar surface area (TPSA) is 22.1 Å². The Morgan fingerprint density at radius 3 is 2.29 bits per heavy atom. The van der Waals surface area contributed by atoms with Crippen LogP contribution in [0.25, 0.3) is 0 Å². The van der Waals surface area contributed by atoms with Gasteiger partial charge in [0.05, 0.1) is 6.61 Å². The minimum atomic E-state index is 0.701. The normalized spacial score (nSPS) is 10.2. The Kier molecular flexibility index (Phi) is 3.76. The highest BCUT2D eigenvalue weighted by Gasteiger charge is 1.97. The standard InChI is InChI=1S/C15H17NO/c1-12-9-13(2)11-15(10-12)17-8-5-14-3-6-16-7-4-14/h3-4,6-7,9-11H,5,8H2,1-2H3. The van der Waals surface area contributed by atoms with E-state index in [1.165, 1.54) is 16.7 Å². The van der Waals surface area contributed by atoms with Crippen molar-refractivity contribution in [3.63, 3.8) is 0 Å². The molecular weight excluding hydrogens is 210 g/mol. The highest BCUT2D eigenvalue weighted by molar-refractivity contribution is 5.33. The molecule has 0 aliphatic heterocycles. The molecule has 0 bridgehead atoms. The molecular formula is C15H17NO. The van der Waals surface area contributed by atoms with Crippen molar-refractivity contribution in [2.24, 2.45) is 0 Å². The lowest BCUT2D eigenvalue weighted by Crippen LogP contribution is -2.01. The quantitative estimate of drug-likeness (QED) is 0.799. The molecule has 17 heavy (non-hydrogen) atoms. The third-order valence-electron chi connectivity index (χ3n) is 2.60. The Bertz CT molecular complexity index is 459. The Balaban J connectivity index is 1.90. The number of benzene rings is 1. The Hall–Kier alpha value is -1.83. The van der Waals surface area contributed by atoms with Crippen LogP contribution in [0.15, 0.2) is 42.7 Å². The van der Waals surface area contributed by atoms with Gasteiger partial charge in [-0.25, -0.2) is 0 Å². The molecule has 0 spiro atoms. The van der Waals surface area contributed by atoms with Gasteiger partial charge < -0.3 is 4.74 Å². The van der Waals surface area contributed by atoms with E-state index < -0.39 is 0 Å². The first-order valence-electron chi connectivity index (χ1n) is 5.84. The van der Waals surface area contributed by atoms with E-state index in [1.807, 2.05) is 24.5 Å². The second-order valence-electron chi connectivity index (χ2n) is 4.28. The van der Waals surface area contributed by atoms with Crippen molar-refractivity contribution in [3.8, 4) is 5.75 Å². The number of rotatable bonds is 4. The lowest BCUT2D eigenvalue weighted by molar-refractivity contribution is 0.321. The van der Waals surface area contributed by atoms with Gasteiger partial charge in [-0.2, -0.15) is 0 Å². The number of nitrogens with zero attached hydrogens (tertiary/aromatic N) is 1. The van der Waals surface area contributed by atoms with Crippen molar-refractivity contribution in [3.05, 3.63) is 59.4 Å². The molecule has 0 radical (unpaired) electrons. The largest absolute Gasteiger partial charge is 0.493 e. The maximum atomic E-state index is 5.75. The second kappa shape index (κ2) is 5.48. The molecule has 0 aliphatic rings. The maximum absolute atomic E-state index is 5.75. The van der Waals surface area contributed by atoms with E-state index in [-0.39, 0.29) is 0 Å². The van der Waals surface area contributed by atoms with Gasteiger partial charge in [-0.05, 0) is 54.8 Å². The van der Waals surface area contributed by atoms with Crippen LogP contribution in [0.2, 0.25) is 0 Å². The van der Waals surface area contributed by atoms with E-state index >= 15 is 0 Å². The van der Waals surface area contributed by atoms with Crippen molar-refractivity contribution in [2.45, 2.75) is 20.3 Å². The van der Waals surface area contributed by atoms with Crippen molar-refractivity contribution < 1.29 is 4.74 Å². The van der Waals surface area contributed by atoms with Crippen LogP contribution in [0, 0.1) is 13.8 Å². The number of aromatic nitrogens is 1. The van der Waals surface area contributed by atoms with Gasteiger partial charge in [0.1, 0.15) is 5.75 Å². The molecule has 1 heterocycles. The lowest BCUT2D eigenvalue weighted by Gasteiger charge is -2.08. The Labute approximate surface area is 102 Å². The van der Waals surface area contributed by atoms with Crippen molar-refractivity contribution in [1.29, 1.82) is 0 Å². The third kappa shape index (κ3) is 3.59. The number of hydrogen-bond donors (Lipinski definition) is 0. The first-order chi connectivity index (χ1) is 8.24. The van der Waals surface area contributed by atoms with Crippen LogP contribution in [0.5, 0.6) is 5.75 Å². The minimum Gasteiger partial charge on any atom is -0.493 e. The molecule has 0 N–H and O–H groups in total. The summed E-state index contributed by atoms with van der Waals surface area (Å²) in [5, 5.41) is 0. The predicted molar refractivity (Wildman–Crippen MR) is 69.4 cm³/mol. The van der Waals surface area contributed by atoms with E-state index in [2.05, 4.69) is 37.0 Å². The van der Waals surface area contributed by atoms with Gasteiger partial charge in [0.25, 0.3) is 0 Å². The van der Waals surface area contributed by atoms with Gasteiger partial charge in [0.15, 0.2) is 0 Å². The molecule has 0 unspecified atom stereocenters. The summed E-state index contributed by atoms with van der Waals surface area (Å²) < 4.78 is 5.75. The molecule has 1 aromatic carbocycles. The van der Waals surface area contributed by atoms with Crippen molar-refractivity contribution in [2.75, 3.05) is 6.61 Å². The minimum absolute atomic E-state index is 0.701. The van der Waals surface area contributed by atoms with Crippen LogP contribution < -0.4 is 4.74 Å². The van der Waals surface area contributed by atoms with Gasteiger partial charge in [-0.3, -0.25) is 4.98 Å².